The molecule has 6 nitrogen and oxygen atoms in total. The number of para-hydroxylation sites is 1. The molecule has 4 rings (SSSR count). The molecule has 0 unspecified atom stereocenters. The summed E-state index contributed by atoms with van der Waals surface area (Å²) in [6.45, 7) is 1.86. The number of hydrogen-bond donors (Lipinski definition) is 2. The maximum Gasteiger partial charge on any atom is 0.255 e. The summed E-state index contributed by atoms with van der Waals surface area (Å²) in [4.78, 5) is 13.1. The van der Waals surface area contributed by atoms with Crippen molar-refractivity contribution in [1.29, 1.82) is 0 Å². The van der Waals surface area contributed by atoms with Crippen LogP contribution in [-0.2, 0) is 0 Å². The second-order valence-electron chi connectivity index (χ2n) is 6.90. The lowest BCUT2D eigenvalue weighted by Crippen LogP contribution is -2.42. The average Bonchev–Trinajstić information content (AvgIpc) is 3.21. The molecule has 2 N–H and O–H groups in total. The normalized spacial score (nSPS) is 14.1. The molecule has 1 aliphatic rings. The second-order valence-corrected chi connectivity index (χ2v) is 6.90. The molecule has 1 aliphatic heterocycles. The molecule has 0 radical (unpaired) electrons. The Hall–Kier alpha value is -2.83. The summed E-state index contributed by atoms with van der Waals surface area (Å²) < 4.78 is 7.01. The minimum Gasteiger partial charge on any atom is -0.497 e. The van der Waals surface area contributed by atoms with Gasteiger partial charge in [-0.15, -0.1) is 12.4 Å². The van der Waals surface area contributed by atoms with Gasteiger partial charge in [-0.1, -0.05) is 18.2 Å². The molecule has 152 valence electrons. The van der Waals surface area contributed by atoms with E-state index in [2.05, 4.69) is 10.6 Å². The highest BCUT2D eigenvalue weighted by Crippen LogP contribution is 2.26. The van der Waals surface area contributed by atoms with Gasteiger partial charge in [0, 0.05) is 17.8 Å². The SMILES string of the molecule is COc1ccc(-c2nn(-c3ccccc3)cc2C(=O)NC2CCNCC2)cc1.Cl. The molecule has 0 spiro atoms. The quantitative estimate of drug-likeness (QED) is 0.673. The molecule has 1 aromatic heterocycles. The van der Waals surface area contributed by atoms with Crippen LogP contribution in [0.4, 0.5) is 0 Å². The fourth-order valence-electron chi connectivity index (χ4n) is 3.44. The molecule has 29 heavy (non-hydrogen) atoms. The first-order valence-corrected chi connectivity index (χ1v) is 9.55. The average molecular weight is 413 g/mol. The number of hydrogen-bond acceptors (Lipinski definition) is 4. The van der Waals surface area contributed by atoms with Gasteiger partial charge in [0.05, 0.1) is 18.4 Å². The zero-order chi connectivity index (χ0) is 19.3. The number of amides is 1. The first kappa shape index (κ1) is 20.9. The van der Waals surface area contributed by atoms with Crippen LogP contribution in [0.1, 0.15) is 23.2 Å². The van der Waals surface area contributed by atoms with E-state index in [1.54, 1.807) is 11.8 Å². The summed E-state index contributed by atoms with van der Waals surface area (Å²) in [5.74, 6) is 0.687. The lowest BCUT2D eigenvalue weighted by Gasteiger charge is -2.23. The minimum absolute atomic E-state index is 0. The van der Waals surface area contributed by atoms with E-state index < -0.39 is 0 Å². The molecule has 1 fully saturated rings. The summed E-state index contributed by atoms with van der Waals surface area (Å²) >= 11 is 0. The Morgan fingerprint density at radius 2 is 1.79 bits per heavy atom. The second kappa shape index (κ2) is 9.58. The first-order chi connectivity index (χ1) is 13.7. The van der Waals surface area contributed by atoms with Crippen molar-refractivity contribution in [2.45, 2.75) is 18.9 Å². The number of halogens is 1. The van der Waals surface area contributed by atoms with Gasteiger partial charge in [0.1, 0.15) is 11.4 Å². The molecule has 3 aromatic rings. The summed E-state index contributed by atoms with van der Waals surface area (Å²) in [6, 6.07) is 17.6. The molecule has 1 saturated heterocycles. The van der Waals surface area contributed by atoms with Crippen molar-refractivity contribution in [3.8, 4) is 22.7 Å². The van der Waals surface area contributed by atoms with E-state index in [0.29, 0.717) is 11.3 Å². The molecule has 0 bridgehead atoms. The number of aromatic nitrogens is 2. The van der Waals surface area contributed by atoms with E-state index in [4.69, 9.17) is 9.84 Å². The molecule has 0 atom stereocenters. The Kier molecular flexibility index (Phi) is 6.90. The smallest absolute Gasteiger partial charge is 0.255 e. The number of benzene rings is 2. The molecular formula is C22H25ClN4O2. The van der Waals surface area contributed by atoms with Crippen LogP contribution in [-0.4, -0.2) is 41.9 Å². The number of methoxy groups -OCH3 is 1. The van der Waals surface area contributed by atoms with Gasteiger partial charge in [0.15, 0.2) is 0 Å². The number of nitrogens with one attached hydrogen (secondary N) is 2. The molecule has 7 heteroatoms. The Labute approximate surface area is 176 Å². The lowest BCUT2D eigenvalue weighted by molar-refractivity contribution is 0.0930. The van der Waals surface area contributed by atoms with Crippen LogP contribution in [0, 0.1) is 0 Å². The first-order valence-electron chi connectivity index (χ1n) is 9.55. The van der Waals surface area contributed by atoms with E-state index in [-0.39, 0.29) is 24.4 Å². The molecule has 2 aromatic carbocycles. The van der Waals surface area contributed by atoms with Gasteiger partial charge in [-0.05, 0) is 62.3 Å². The van der Waals surface area contributed by atoms with Crippen molar-refractivity contribution in [3.05, 3.63) is 66.4 Å². The van der Waals surface area contributed by atoms with Crippen molar-refractivity contribution in [1.82, 2.24) is 20.4 Å². The van der Waals surface area contributed by atoms with Gasteiger partial charge in [-0.25, -0.2) is 4.68 Å². The third kappa shape index (κ3) is 4.78. The van der Waals surface area contributed by atoms with Crippen LogP contribution in [0.2, 0.25) is 0 Å². The Morgan fingerprint density at radius 3 is 2.45 bits per heavy atom. The van der Waals surface area contributed by atoms with Crippen LogP contribution < -0.4 is 15.4 Å². The maximum atomic E-state index is 13.1. The largest absolute Gasteiger partial charge is 0.497 e. The highest BCUT2D eigenvalue weighted by atomic mass is 35.5. The van der Waals surface area contributed by atoms with Gasteiger partial charge in [-0.3, -0.25) is 4.79 Å². The van der Waals surface area contributed by atoms with E-state index >= 15 is 0 Å². The van der Waals surface area contributed by atoms with Gasteiger partial charge < -0.3 is 15.4 Å². The number of ether oxygens (including phenoxy) is 1. The van der Waals surface area contributed by atoms with Gasteiger partial charge in [-0.2, -0.15) is 5.10 Å². The van der Waals surface area contributed by atoms with E-state index in [1.807, 2.05) is 60.8 Å². The molecule has 0 saturated carbocycles. The summed E-state index contributed by atoms with van der Waals surface area (Å²) in [5.41, 5.74) is 3.04. The molecule has 2 heterocycles. The number of carbonyl (C=O) groups is 1. The van der Waals surface area contributed by atoms with Gasteiger partial charge in [0.25, 0.3) is 5.91 Å². The Bertz CT molecular complexity index is 935. The predicted octanol–water partition coefficient (Wildman–Crippen LogP) is 3.45. The number of nitrogens with zero attached hydrogens (tertiary/aromatic N) is 2. The Morgan fingerprint density at radius 1 is 1.10 bits per heavy atom. The van der Waals surface area contributed by atoms with Crippen LogP contribution in [0.15, 0.2) is 60.8 Å². The van der Waals surface area contributed by atoms with Gasteiger partial charge in [0.2, 0.25) is 0 Å². The van der Waals surface area contributed by atoms with Crippen LogP contribution in [0.25, 0.3) is 16.9 Å². The third-order valence-corrected chi connectivity index (χ3v) is 5.02. The van der Waals surface area contributed by atoms with Crippen LogP contribution in [0.5, 0.6) is 5.75 Å². The zero-order valence-electron chi connectivity index (χ0n) is 16.3. The number of carbonyl (C=O) groups excluding carboxylic acids is 1. The van der Waals surface area contributed by atoms with Crippen LogP contribution >= 0.6 is 12.4 Å². The highest BCUT2D eigenvalue weighted by Gasteiger charge is 2.22. The van der Waals surface area contributed by atoms with Crippen molar-refractivity contribution in [3.63, 3.8) is 0 Å². The number of piperidine rings is 1. The predicted molar refractivity (Wildman–Crippen MR) is 116 cm³/mol. The summed E-state index contributed by atoms with van der Waals surface area (Å²) in [6.07, 6.45) is 3.69. The fourth-order valence-corrected chi connectivity index (χ4v) is 3.44. The van der Waals surface area contributed by atoms with E-state index in [9.17, 15) is 4.79 Å². The molecule has 1 amide bonds. The van der Waals surface area contributed by atoms with E-state index in [0.717, 1.165) is 42.9 Å². The highest BCUT2D eigenvalue weighted by molar-refractivity contribution is 6.00. The van der Waals surface area contributed by atoms with Crippen molar-refractivity contribution in [2.75, 3.05) is 20.2 Å². The topological polar surface area (TPSA) is 68.2 Å². The summed E-state index contributed by atoms with van der Waals surface area (Å²) in [7, 11) is 1.64. The minimum atomic E-state index is -0.0834. The standard InChI is InChI=1S/C22H24N4O2.ClH/c1-28-19-9-7-16(8-10-19)21-20(22(27)24-17-11-13-23-14-12-17)15-26(25-21)18-5-3-2-4-6-18;/h2-10,15,17,23H,11-14H2,1H3,(H,24,27);1H. The zero-order valence-corrected chi connectivity index (χ0v) is 17.1. The van der Waals surface area contributed by atoms with Crippen molar-refractivity contribution >= 4 is 18.3 Å². The monoisotopic (exact) mass is 412 g/mol. The molecular weight excluding hydrogens is 388 g/mol. The van der Waals surface area contributed by atoms with E-state index in [1.165, 1.54) is 0 Å². The maximum absolute atomic E-state index is 13.1. The number of rotatable bonds is 5. The van der Waals surface area contributed by atoms with Gasteiger partial charge >= 0.3 is 0 Å². The molecule has 0 aliphatic carbocycles. The van der Waals surface area contributed by atoms with Crippen molar-refractivity contribution < 1.29 is 9.53 Å². The van der Waals surface area contributed by atoms with Crippen LogP contribution in [0.3, 0.4) is 0 Å². The Balaban J connectivity index is 0.00000240. The fraction of sp³-hybridized carbons (Fsp3) is 0.273. The summed E-state index contributed by atoms with van der Waals surface area (Å²) in [5, 5.41) is 11.2. The van der Waals surface area contributed by atoms with Crippen molar-refractivity contribution in [2.24, 2.45) is 0 Å². The third-order valence-electron chi connectivity index (χ3n) is 5.02. The lowest BCUT2D eigenvalue weighted by atomic mass is 10.0.